The van der Waals surface area contributed by atoms with Crippen LogP contribution in [-0.2, 0) is 5.41 Å². The van der Waals surface area contributed by atoms with Gasteiger partial charge >= 0.3 is 0 Å². The van der Waals surface area contributed by atoms with Gasteiger partial charge in [-0.1, -0.05) is 194 Å². The molecule has 10 aromatic carbocycles. The fourth-order valence-electron chi connectivity index (χ4n) is 9.51. The summed E-state index contributed by atoms with van der Waals surface area (Å²) in [5.74, 6) is 0. The summed E-state index contributed by atoms with van der Waals surface area (Å²) in [5.41, 5.74) is 16.9. The van der Waals surface area contributed by atoms with E-state index >= 15 is 0 Å². The van der Waals surface area contributed by atoms with Crippen molar-refractivity contribution in [3.05, 3.63) is 247 Å². The minimum absolute atomic E-state index is 0.295. The first-order chi connectivity index (χ1) is 29.1. The molecule has 0 bridgehead atoms. The molecule has 0 amide bonds. The maximum atomic E-state index is 2.45. The monoisotopic (exact) mass is 751 g/mol. The first kappa shape index (κ1) is 34.7. The van der Waals surface area contributed by atoms with Gasteiger partial charge < -0.3 is 4.90 Å². The molecule has 1 aliphatic carbocycles. The van der Waals surface area contributed by atoms with Crippen LogP contribution in [0.5, 0.6) is 0 Å². The van der Waals surface area contributed by atoms with E-state index < -0.39 is 0 Å². The van der Waals surface area contributed by atoms with Gasteiger partial charge in [-0.2, -0.15) is 0 Å². The largest absolute Gasteiger partial charge is 0.310 e. The Bertz CT molecular complexity index is 3140. The van der Waals surface area contributed by atoms with Crippen LogP contribution in [-0.4, -0.2) is 0 Å². The second-order valence-electron chi connectivity index (χ2n) is 15.8. The zero-order valence-electron chi connectivity index (χ0n) is 32.9. The molecule has 1 unspecified atom stereocenters. The molecule has 0 aromatic heterocycles. The SMILES string of the molecule is CC1(c2ccccc2)c2ccccc2-c2c(N(c3ccc(-c4ccc(-c5cccc6ccccc56)cc4)cc3)c3ccc(-c4ccc5ccccc5c4)cc3)cccc21. The molecular weight excluding hydrogens is 711 g/mol. The third-order valence-electron chi connectivity index (χ3n) is 12.6. The minimum atomic E-state index is -0.295. The molecule has 1 aliphatic rings. The lowest BCUT2D eigenvalue weighted by molar-refractivity contribution is 0.714. The number of hydrogen-bond acceptors (Lipinski definition) is 1. The van der Waals surface area contributed by atoms with Crippen molar-refractivity contribution in [2.24, 2.45) is 0 Å². The Kier molecular flexibility index (Phi) is 8.34. The highest BCUT2D eigenvalue weighted by molar-refractivity contribution is 5.98. The average Bonchev–Trinajstić information content (AvgIpc) is 3.58. The van der Waals surface area contributed by atoms with Gasteiger partial charge in [0.05, 0.1) is 5.69 Å². The van der Waals surface area contributed by atoms with E-state index in [1.807, 2.05) is 0 Å². The number of anilines is 3. The molecule has 10 aromatic rings. The smallest absolute Gasteiger partial charge is 0.0543 e. The summed E-state index contributed by atoms with van der Waals surface area (Å²) >= 11 is 0. The van der Waals surface area contributed by atoms with Crippen LogP contribution in [0.1, 0.15) is 23.6 Å². The molecule has 0 spiro atoms. The summed E-state index contributed by atoms with van der Waals surface area (Å²) < 4.78 is 0. The van der Waals surface area contributed by atoms with Crippen molar-refractivity contribution in [3.8, 4) is 44.5 Å². The van der Waals surface area contributed by atoms with E-state index in [1.54, 1.807) is 0 Å². The van der Waals surface area contributed by atoms with Crippen LogP contribution >= 0.6 is 0 Å². The summed E-state index contributed by atoms with van der Waals surface area (Å²) in [5, 5.41) is 5.04. The average molecular weight is 752 g/mol. The Labute approximate surface area is 346 Å². The number of nitrogens with zero attached hydrogens (tertiary/aromatic N) is 1. The van der Waals surface area contributed by atoms with E-state index in [9.17, 15) is 0 Å². The van der Waals surface area contributed by atoms with Gasteiger partial charge in [0.15, 0.2) is 0 Å². The van der Waals surface area contributed by atoms with E-state index in [0.29, 0.717) is 0 Å². The quantitative estimate of drug-likeness (QED) is 0.157. The molecule has 0 saturated heterocycles. The van der Waals surface area contributed by atoms with Crippen molar-refractivity contribution in [3.63, 3.8) is 0 Å². The lowest BCUT2D eigenvalue weighted by Crippen LogP contribution is -2.22. The van der Waals surface area contributed by atoms with E-state index in [4.69, 9.17) is 0 Å². The molecule has 278 valence electrons. The van der Waals surface area contributed by atoms with Gasteiger partial charge in [-0.05, 0) is 121 Å². The highest BCUT2D eigenvalue weighted by Crippen LogP contribution is 2.56. The molecule has 0 radical (unpaired) electrons. The Hall–Kier alpha value is -7.48. The fourth-order valence-corrected chi connectivity index (χ4v) is 9.51. The first-order valence-corrected chi connectivity index (χ1v) is 20.5. The zero-order valence-corrected chi connectivity index (χ0v) is 32.9. The van der Waals surface area contributed by atoms with Gasteiger partial charge in [0.25, 0.3) is 0 Å². The lowest BCUT2D eigenvalue weighted by Gasteiger charge is -2.30. The van der Waals surface area contributed by atoms with Crippen molar-refractivity contribution in [2.45, 2.75) is 12.3 Å². The molecule has 0 aliphatic heterocycles. The number of benzene rings is 10. The Morgan fingerprint density at radius 1 is 0.339 bits per heavy atom. The Morgan fingerprint density at radius 3 is 1.59 bits per heavy atom. The fraction of sp³-hybridized carbons (Fsp3) is 0.0345. The van der Waals surface area contributed by atoms with Crippen LogP contribution < -0.4 is 4.90 Å². The van der Waals surface area contributed by atoms with Crippen molar-refractivity contribution < 1.29 is 0 Å². The van der Waals surface area contributed by atoms with Crippen LogP contribution in [0.15, 0.2) is 231 Å². The molecule has 0 N–H and O–H groups in total. The predicted molar refractivity (Wildman–Crippen MR) is 250 cm³/mol. The van der Waals surface area contributed by atoms with Crippen LogP contribution in [0.4, 0.5) is 17.1 Å². The molecule has 11 rings (SSSR count). The van der Waals surface area contributed by atoms with Crippen molar-refractivity contribution in [2.75, 3.05) is 4.90 Å². The Balaban J connectivity index is 1.02. The zero-order chi connectivity index (χ0) is 39.3. The number of rotatable bonds is 7. The summed E-state index contributed by atoms with van der Waals surface area (Å²) in [4.78, 5) is 2.45. The van der Waals surface area contributed by atoms with Crippen molar-refractivity contribution >= 4 is 38.6 Å². The van der Waals surface area contributed by atoms with Crippen LogP contribution in [0.2, 0.25) is 0 Å². The standard InChI is InChI=1S/C58H41N/c1-58(48-17-3-2-4-18-48)54-22-10-9-20-53(54)57-55(58)23-12-24-56(57)59(50-37-33-43(34-38-50)47-30-27-40-13-5-6-15-46(40)39-47)49-35-31-42(32-36-49)41-25-28-45(29-26-41)52-21-11-16-44-14-7-8-19-51(44)52/h2-39H,1H3. The second-order valence-corrected chi connectivity index (χ2v) is 15.8. The normalized spacial score (nSPS) is 14.3. The number of fused-ring (bicyclic) bond motifs is 5. The third-order valence-corrected chi connectivity index (χ3v) is 12.6. The summed E-state index contributed by atoms with van der Waals surface area (Å²) in [7, 11) is 0. The minimum Gasteiger partial charge on any atom is -0.310 e. The van der Waals surface area contributed by atoms with E-state index in [-0.39, 0.29) is 5.41 Å². The van der Waals surface area contributed by atoms with E-state index in [1.165, 1.54) is 88.4 Å². The van der Waals surface area contributed by atoms with Gasteiger partial charge in [-0.15, -0.1) is 0 Å². The van der Waals surface area contributed by atoms with Gasteiger partial charge in [0.1, 0.15) is 0 Å². The third kappa shape index (κ3) is 5.86. The molecule has 0 heterocycles. The predicted octanol–water partition coefficient (Wildman–Crippen LogP) is 15.8. The van der Waals surface area contributed by atoms with E-state index in [0.717, 1.165) is 11.4 Å². The highest BCUT2D eigenvalue weighted by atomic mass is 15.1. The lowest BCUT2D eigenvalue weighted by atomic mass is 9.74. The summed E-state index contributed by atoms with van der Waals surface area (Å²) in [6, 6.07) is 84.5. The van der Waals surface area contributed by atoms with Crippen molar-refractivity contribution in [1.29, 1.82) is 0 Å². The molecule has 0 saturated carbocycles. The van der Waals surface area contributed by atoms with Crippen LogP contribution in [0.25, 0.3) is 66.1 Å². The van der Waals surface area contributed by atoms with Crippen molar-refractivity contribution in [1.82, 2.24) is 0 Å². The molecular formula is C58H41N. The van der Waals surface area contributed by atoms with Gasteiger partial charge in [-0.25, -0.2) is 0 Å². The van der Waals surface area contributed by atoms with Crippen LogP contribution in [0, 0.1) is 0 Å². The highest BCUT2D eigenvalue weighted by Gasteiger charge is 2.42. The molecule has 1 heteroatoms. The van der Waals surface area contributed by atoms with Crippen LogP contribution in [0.3, 0.4) is 0 Å². The maximum Gasteiger partial charge on any atom is 0.0543 e. The maximum absolute atomic E-state index is 2.45. The molecule has 0 fully saturated rings. The molecule has 1 nitrogen and oxygen atoms in total. The summed E-state index contributed by atoms with van der Waals surface area (Å²) in [6.07, 6.45) is 0. The van der Waals surface area contributed by atoms with E-state index in [2.05, 4.69) is 242 Å². The Morgan fingerprint density at radius 2 is 0.847 bits per heavy atom. The number of hydrogen-bond donors (Lipinski definition) is 0. The second kappa shape index (κ2) is 14.2. The van der Waals surface area contributed by atoms with Gasteiger partial charge in [0.2, 0.25) is 0 Å². The van der Waals surface area contributed by atoms with Gasteiger partial charge in [-0.3, -0.25) is 0 Å². The molecule has 59 heavy (non-hydrogen) atoms. The topological polar surface area (TPSA) is 3.24 Å². The van der Waals surface area contributed by atoms with Gasteiger partial charge in [0, 0.05) is 22.4 Å². The first-order valence-electron chi connectivity index (χ1n) is 20.5. The summed E-state index contributed by atoms with van der Waals surface area (Å²) in [6.45, 7) is 2.39. The molecule has 1 atom stereocenters.